The van der Waals surface area contributed by atoms with Crippen molar-refractivity contribution in [3.8, 4) is 0 Å². The van der Waals surface area contributed by atoms with E-state index >= 15 is 0 Å². The highest BCUT2D eigenvalue weighted by molar-refractivity contribution is 6.30. The molecule has 0 aromatic heterocycles. The fourth-order valence-electron chi connectivity index (χ4n) is 2.82. The summed E-state index contributed by atoms with van der Waals surface area (Å²) in [6.45, 7) is 1.03. The van der Waals surface area contributed by atoms with Crippen molar-refractivity contribution in [1.29, 1.82) is 0 Å². The Labute approximate surface area is 113 Å². The van der Waals surface area contributed by atoms with Gasteiger partial charge in [0.25, 0.3) is 0 Å². The summed E-state index contributed by atoms with van der Waals surface area (Å²) < 4.78 is 13.8. The van der Waals surface area contributed by atoms with Gasteiger partial charge in [-0.3, -0.25) is 0 Å². The van der Waals surface area contributed by atoms with Crippen molar-refractivity contribution in [2.24, 2.45) is 5.41 Å². The molecule has 0 saturated heterocycles. The van der Waals surface area contributed by atoms with Crippen molar-refractivity contribution in [1.82, 2.24) is 5.32 Å². The normalized spacial score (nSPS) is 21.7. The van der Waals surface area contributed by atoms with E-state index in [-0.39, 0.29) is 11.2 Å². The molecule has 3 rings (SSSR count). The molecule has 18 heavy (non-hydrogen) atoms. The minimum atomic E-state index is -0.114. The van der Waals surface area contributed by atoms with Crippen LogP contribution in [-0.4, -0.2) is 12.6 Å². The van der Waals surface area contributed by atoms with Crippen LogP contribution in [0.4, 0.5) is 4.39 Å². The molecule has 3 heteroatoms. The first-order valence-electron chi connectivity index (χ1n) is 6.84. The van der Waals surface area contributed by atoms with Crippen LogP contribution in [0.25, 0.3) is 0 Å². The predicted octanol–water partition coefficient (Wildman–Crippen LogP) is 3.94. The van der Waals surface area contributed by atoms with Gasteiger partial charge in [0.2, 0.25) is 0 Å². The predicted molar refractivity (Wildman–Crippen MR) is 72.4 cm³/mol. The molecule has 1 N–H and O–H groups in total. The van der Waals surface area contributed by atoms with Crippen LogP contribution in [-0.2, 0) is 6.42 Å². The molecule has 1 nitrogen and oxygen atoms in total. The summed E-state index contributed by atoms with van der Waals surface area (Å²) in [6, 6.07) is 5.62. The summed E-state index contributed by atoms with van der Waals surface area (Å²) in [7, 11) is 0. The maximum absolute atomic E-state index is 13.8. The van der Waals surface area contributed by atoms with Crippen molar-refractivity contribution in [3.05, 3.63) is 34.6 Å². The molecule has 0 heterocycles. The van der Waals surface area contributed by atoms with E-state index in [0.717, 1.165) is 24.6 Å². The van der Waals surface area contributed by atoms with E-state index in [2.05, 4.69) is 5.32 Å². The van der Waals surface area contributed by atoms with Gasteiger partial charge in [0.1, 0.15) is 5.82 Å². The molecule has 2 fully saturated rings. The molecule has 0 amide bonds. The summed E-state index contributed by atoms with van der Waals surface area (Å²) in [5.41, 5.74) is 1.05. The van der Waals surface area contributed by atoms with E-state index in [1.54, 1.807) is 12.1 Å². The van der Waals surface area contributed by atoms with Gasteiger partial charge in [-0.1, -0.05) is 18.0 Å². The summed E-state index contributed by atoms with van der Waals surface area (Å²) in [5, 5.41) is 4.23. The highest BCUT2D eigenvalue weighted by Crippen LogP contribution is 2.44. The number of nitrogens with one attached hydrogen (secondary N) is 1. The van der Waals surface area contributed by atoms with Crippen molar-refractivity contribution in [2.75, 3.05) is 6.54 Å². The molecule has 2 saturated carbocycles. The summed E-state index contributed by atoms with van der Waals surface area (Å²) in [5.74, 6) is -0.114. The molecule has 2 aliphatic rings. The first-order valence-corrected chi connectivity index (χ1v) is 7.22. The van der Waals surface area contributed by atoms with Crippen LogP contribution in [0.5, 0.6) is 0 Å². The fourth-order valence-corrected chi connectivity index (χ4v) is 3.02. The van der Waals surface area contributed by atoms with Gasteiger partial charge in [0.05, 0.1) is 0 Å². The summed E-state index contributed by atoms with van der Waals surface area (Å²) in [6.07, 6.45) is 7.12. The fraction of sp³-hybridized carbons (Fsp3) is 0.600. The van der Waals surface area contributed by atoms with Gasteiger partial charge < -0.3 is 5.32 Å². The van der Waals surface area contributed by atoms with Gasteiger partial charge in [-0.25, -0.2) is 4.39 Å². The summed E-state index contributed by atoms with van der Waals surface area (Å²) in [4.78, 5) is 0. The van der Waals surface area contributed by atoms with Crippen molar-refractivity contribution >= 4 is 11.6 Å². The lowest BCUT2D eigenvalue weighted by atomic mass is 9.65. The van der Waals surface area contributed by atoms with Crippen LogP contribution < -0.4 is 5.32 Å². The van der Waals surface area contributed by atoms with Gasteiger partial charge in [-0.15, -0.1) is 0 Å². The van der Waals surface area contributed by atoms with E-state index < -0.39 is 0 Å². The largest absolute Gasteiger partial charge is 0.313 e. The van der Waals surface area contributed by atoms with E-state index in [9.17, 15) is 4.39 Å². The Hall–Kier alpha value is -0.600. The topological polar surface area (TPSA) is 12.0 Å². The molecule has 0 spiro atoms. The third kappa shape index (κ3) is 2.70. The molecule has 0 aliphatic heterocycles. The zero-order valence-corrected chi connectivity index (χ0v) is 11.3. The van der Waals surface area contributed by atoms with Crippen molar-refractivity contribution in [2.45, 2.75) is 44.6 Å². The molecular weight excluding hydrogens is 249 g/mol. The zero-order valence-electron chi connectivity index (χ0n) is 10.5. The van der Waals surface area contributed by atoms with E-state index in [0.29, 0.717) is 5.02 Å². The van der Waals surface area contributed by atoms with Gasteiger partial charge in [0.15, 0.2) is 0 Å². The number of hydrogen-bond acceptors (Lipinski definition) is 1. The van der Waals surface area contributed by atoms with Gasteiger partial charge in [-0.05, 0) is 61.3 Å². The smallest absolute Gasteiger partial charge is 0.126 e. The highest BCUT2D eigenvalue weighted by atomic mass is 35.5. The molecule has 0 unspecified atom stereocenters. The minimum Gasteiger partial charge on any atom is -0.313 e. The first kappa shape index (κ1) is 12.4. The quantitative estimate of drug-likeness (QED) is 0.852. The molecule has 1 aromatic rings. The molecule has 0 radical (unpaired) electrons. The zero-order chi connectivity index (χ0) is 12.6. The SMILES string of the molecule is Fc1ccc(Cl)cc1CC1(CNC2CC2)CCC1. The Kier molecular flexibility index (Phi) is 3.33. The second kappa shape index (κ2) is 4.82. The van der Waals surface area contributed by atoms with Crippen LogP contribution in [0.1, 0.15) is 37.7 Å². The Morgan fingerprint density at radius 3 is 2.72 bits per heavy atom. The number of rotatable bonds is 5. The Morgan fingerprint density at radius 2 is 2.11 bits per heavy atom. The van der Waals surface area contributed by atoms with Crippen molar-refractivity contribution in [3.63, 3.8) is 0 Å². The lowest BCUT2D eigenvalue weighted by Gasteiger charge is -2.42. The van der Waals surface area contributed by atoms with E-state index in [1.807, 2.05) is 0 Å². The molecule has 0 bridgehead atoms. The molecule has 2 aliphatic carbocycles. The third-order valence-corrected chi connectivity index (χ3v) is 4.57. The van der Waals surface area contributed by atoms with Crippen LogP contribution in [0.3, 0.4) is 0 Å². The molecule has 0 atom stereocenters. The van der Waals surface area contributed by atoms with Crippen molar-refractivity contribution < 1.29 is 4.39 Å². The number of benzene rings is 1. The second-order valence-corrected chi connectivity index (χ2v) is 6.36. The number of hydrogen-bond donors (Lipinski definition) is 1. The van der Waals surface area contributed by atoms with Crippen LogP contribution in [0.2, 0.25) is 5.02 Å². The highest BCUT2D eigenvalue weighted by Gasteiger charge is 2.38. The first-order chi connectivity index (χ1) is 8.67. The lowest BCUT2D eigenvalue weighted by molar-refractivity contribution is 0.128. The average Bonchev–Trinajstić information content (AvgIpc) is 3.10. The molecular formula is C15H19ClFN. The maximum atomic E-state index is 13.8. The van der Waals surface area contributed by atoms with Crippen LogP contribution >= 0.6 is 11.6 Å². The molecule has 98 valence electrons. The van der Waals surface area contributed by atoms with Crippen LogP contribution in [0, 0.1) is 11.2 Å². The van der Waals surface area contributed by atoms with E-state index in [4.69, 9.17) is 11.6 Å². The standard InChI is InChI=1S/C15H19ClFN/c16-12-2-5-14(17)11(8-12)9-15(6-1-7-15)10-18-13-3-4-13/h2,5,8,13,18H,1,3-4,6-7,9-10H2. The lowest BCUT2D eigenvalue weighted by Crippen LogP contribution is -2.42. The van der Waals surface area contributed by atoms with Gasteiger partial charge >= 0.3 is 0 Å². The third-order valence-electron chi connectivity index (χ3n) is 4.33. The average molecular weight is 268 g/mol. The maximum Gasteiger partial charge on any atom is 0.126 e. The molecule has 1 aromatic carbocycles. The monoisotopic (exact) mass is 267 g/mol. The van der Waals surface area contributed by atoms with Crippen LogP contribution in [0.15, 0.2) is 18.2 Å². The summed E-state index contributed by atoms with van der Waals surface area (Å²) >= 11 is 5.96. The minimum absolute atomic E-state index is 0.114. The number of halogens is 2. The Bertz CT molecular complexity index is 438. The Morgan fingerprint density at radius 1 is 1.33 bits per heavy atom. The van der Waals surface area contributed by atoms with Gasteiger partial charge in [0, 0.05) is 17.6 Å². The van der Waals surface area contributed by atoms with E-state index in [1.165, 1.54) is 38.2 Å². The second-order valence-electron chi connectivity index (χ2n) is 5.92. The Balaban J connectivity index is 1.69. The van der Waals surface area contributed by atoms with Gasteiger partial charge in [-0.2, -0.15) is 0 Å².